The molecule has 2 aliphatic rings. The first kappa shape index (κ1) is 16.0. The Hall–Kier alpha value is -2.89. The van der Waals surface area contributed by atoms with Crippen LogP contribution in [0.15, 0.2) is 66.3 Å². The first-order valence-corrected chi connectivity index (χ1v) is 7.57. The van der Waals surface area contributed by atoms with Crippen molar-refractivity contribution in [1.29, 1.82) is 0 Å². The SMILES string of the molecule is NNCc1ccccc1.O=C1C=CC1=Cc1ccc2c(c1)OCO2. The van der Waals surface area contributed by atoms with Crippen molar-refractivity contribution in [3.63, 3.8) is 0 Å². The molecule has 1 aliphatic heterocycles. The smallest absolute Gasteiger partial charge is 0.231 e. The summed E-state index contributed by atoms with van der Waals surface area (Å²) in [6.07, 6.45) is 5.19. The topological polar surface area (TPSA) is 73.6 Å². The van der Waals surface area contributed by atoms with Crippen molar-refractivity contribution in [2.75, 3.05) is 6.79 Å². The number of benzene rings is 2. The van der Waals surface area contributed by atoms with E-state index in [1.807, 2.05) is 54.6 Å². The van der Waals surface area contributed by atoms with Crippen LogP contribution in [0.1, 0.15) is 11.1 Å². The number of carbonyl (C=O) groups is 1. The fraction of sp³-hybridized carbons (Fsp3) is 0.105. The van der Waals surface area contributed by atoms with Crippen molar-refractivity contribution >= 4 is 11.9 Å². The number of rotatable bonds is 3. The zero-order valence-electron chi connectivity index (χ0n) is 13.1. The van der Waals surface area contributed by atoms with E-state index < -0.39 is 0 Å². The number of ketones is 1. The van der Waals surface area contributed by atoms with Crippen LogP contribution in [0.2, 0.25) is 0 Å². The number of nitrogens with one attached hydrogen (secondary N) is 1. The Morgan fingerprint density at radius 3 is 2.50 bits per heavy atom. The van der Waals surface area contributed by atoms with E-state index in [1.54, 1.807) is 12.2 Å². The molecule has 5 nitrogen and oxygen atoms in total. The molecule has 1 aliphatic carbocycles. The first-order valence-electron chi connectivity index (χ1n) is 7.57. The van der Waals surface area contributed by atoms with Gasteiger partial charge in [0, 0.05) is 12.1 Å². The van der Waals surface area contributed by atoms with E-state index in [-0.39, 0.29) is 12.6 Å². The van der Waals surface area contributed by atoms with Gasteiger partial charge in [-0.1, -0.05) is 36.4 Å². The molecule has 0 amide bonds. The minimum absolute atomic E-state index is 0.0765. The molecule has 0 bridgehead atoms. The monoisotopic (exact) mass is 322 g/mol. The van der Waals surface area contributed by atoms with Gasteiger partial charge < -0.3 is 9.47 Å². The van der Waals surface area contributed by atoms with Crippen molar-refractivity contribution in [3.8, 4) is 11.5 Å². The lowest BCUT2D eigenvalue weighted by molar-refractivity contribution is -0.111. The predicted molar refractivity (Wildman–Crippen MR) is 92.2 cm³/mol. The molecule has 4 rings (SSSR count). The van der Waals surface area contributed by atoms with E-state index in [4.69, 9.17) is 15.3 Å². The summed E-state index contributed by atoms with van der Waals surface area (Å²) >= 11 is 0. The number of hydrogen-bond donors (Lipinski definition) is 2. The molecule has 1 heterocycles. The fourth-order valence-electron chi connectivity index (χ4n) is 2.26. The van der Waals surface area contributed by atoms with E-state index in [1.165, 1.54) is 5.56 Å². The maximum Gasteiger partial charge on any atom is 0.231 e. The number of nitrogens with two attached hydrogens (primary N) is 1. The number of carbonyl (C=O) groups excluding carboxylic acids is 1. The Balaban J connectivity index is 0.000000162. The average molecular weight is 322 g/mol. The summed E-state index contributed by atoms with van der Waals surface area (Å²) in [4.78, 5) is 11.1. The Morgan fingerprint density at radius 2 is 1.83 bits per heavy atom. The van der Waals surface area contributed by atoms with E-state index in [9.17, 15) is 4.79 Å². The molecule has 2 aromatic carbocycles. The minimum atomic E-state index is 0.0765. The van der Waals surface area contributed by atoms with Gasteiger partial charge in [-0.2, -0.15) is 0 Å². The van der Waals surface area contributed by atoms with Crippen molar-refractivity contribution in [2.45, 2.75) is 6.54 Å². The summed E-state index contributed by atoms with van der Waals surface area (Å²) in [6, 6.07) is 15.6. The van der Waals surface area contributed by atoms with Crippen molar-refractivity contribution in [2.24, 2.45) is 5.84 Å². The molecule has 0 spiro atoms. The van der Waals surface area contributed by atoms with Crippen LogP contribution >= 0.6 is 0 Å². The molecule has 0 unspecified atom stereocenters. The fourth-order valence-corrected chi connectivity index (χ4v) is 2.26. The van der Waals surface area contributed by atoms with Gasteiger partial charge in [0.1, 0.15) is 0 Å². The Kier molecular flexibility index (Phi) is 5.05. The van der Waals surface area contributed by atoms with Crippen LogP contribution in [0.3, 0.4) is 0 Å². The third kappa shape index (κ3) is 3.90. The zero-order chi connectivity index (χ0) is 16.8. The van der Waals surface area contributed by atoms with Gasteiger partial charge in [-0.05, 0) is 41.5 Å². The largest absolute Gasteiger partial charge is 0.454 e. The molecule has 5 heteroatoms. The molecule has 0 saturated carbocycles. The molecular formula is C19H18N2O3. The van der Waals surface area contributed by atoms with E-state index >= 15 is 0 Å². The number of hydrogen-bond acceptors (Lipinski definition) is 5. The van der Waals surface area contributed by atoms with E-state index in [2.05, 4.69) is 5.43 Å². The second kappa shape index (κ2) is 7.59. The third-order valence-corrected chi connectivity index (χ3v) is 3.57. The predicted octanol–water partition coefficient (Wildman–Crippen LogP) is 2.59. The molecule has 0 fully saturated rings. The minimum Gasteiger partial charge on any atom is -0.454 e. The van der Waals surface area contributed by atoms with Crippen LogP contribution in [0.25, 0.3) is 6.08 Å². The van der Waals surface area contributed by atoms with Crippen LogP contribution in [-0.2, 0) is 11.3 Å². The van der Waals surface area contributed by atoms with Gasteiger partial charge in [0.15, 0.2) is 17.3 Å². The first-order chi connectivity index (χ1) is 11.8. The molecule has 2 aromatic rings. The summed E-state index contributed by atoms with van der Waals surface area (Å²) < 4.78 is 10.4. The quantitative estimate of drug-likeness (QED) is 0.516. The molecule has 122 valence electrons. The molecular weight excluding hydrogens is 304 g/mol. The number of ether oxygens (including phenoxy) is 2. The highest BCUT2D eigenvalue weighted by atomic mass is 16.7. The number of allylic oxidation sites excluding steroid dienone is 3. The maximum atomic E-state index is 11.1. The lowest BCUT2D eigenvalue weighted by Gasteiger charge is -2.05. The van der Waals surface area contributed by atoms with Gasteiger partial charge in [-0.3, -0.25) is 16.1 Å². The van der Waals surface area contributed by atoms with Crippen LogP contribution in [-0.4, -0.2) is 12.6 Å². The summed E-state index contributed by atoms with van der Waals surface area (Å²) in [5.41, 5.74) is 5.47. The number of fused-ring (bicyclic) bond motifs is 1. The van der Waals surface area contributed by atoms with Gasteiger partial charge >= 0.3 is 0 Å². The average Bonchev–Trinajstić information content (AvgIpc) is 3.08. The molecule has 0 atom stereocenters. The van der Waals surface area contributed by atoms with Crippen molar-refractivity contribution < 1.29 is 14.3 Å². The summed E-state index contributed by atoms with van der Waals surface area (Å²) in [5, 5.41) is 0. The zero-order valence-corrected chi connectivity index (χ0v) is 13.1. The van der Waals surface area contributed by atoms with Gasteiger partial charge in [-0.25, -0.2) is 0 Å². The molecule has 0 aromatic heterocycles. The summed E-state index contributed by atoms with van der Waals surface area (Å²) in [5.74, 6) is 6.68. The highest BCUT2D eigenvalue weighted by Crippen LogP contribution is 2.33. The Bertz CT molecular complexity index is 782. The van der Waals surface area contributed by atoms with Gasteiger partial charge in [0.05, 0.1) is 0 Å². The molecule has 3 N–H and O–H groups in total. The van der Waals surface area contributed by atoms with Gasteiger partial charge in [0.2, 0.25) is 6.79 Å². The van der Waals surface area contributed by atoms with Crippen LogP contribution in [0, 0.1) is 0 Å². The van der Waals surface area contributed by atoms with E-state index in [0.29, 0.717) is 0 Å². The third-order valence-electron chi connectivity index (χ3n) is 3.57. The normalized spacial score (nSPS) is 15.7. The molecule has 0 radical (unpaired) electrons. The number of hydrazine groups is 1. The van der Waals surface area contributed by atoms with Crippen LogP contribution in [0.5, 0.6) is 11.5 Å². The van der Waals surface area contributed by atoms with Gasteiger partial charge in [0.25, 0.3) is 0 Å². The highest BCUT2D eigenvalue weighted by Gasteiger charge is 2.14. The van der Waals surface area contributed by atoms with E-state index in [0.717, 1.165) is 29.2 Å². The lowest BCUT2D eigenvalue weighted by Crippen LogP contribution is -2.20. The standard InChI is InChI=1S/C12H8O3.C7H10N2/c13-10-3-2-9(10)5-8-1-4-11-12(6-8)15-7-14-11;8-9-6-7-4-2-1-3-5-7/h1-6H,7H2;1-5,9H,6,8H2. The van der Waals surface area contributed by atoms with Crippen molar-refractivity contribution in [1.82, 2.24) is 5.43 Å². The second-order valence-corrected chi connectivity index (χ2v) is 5.28. The lowest BCUT2D eigenvalue weighted by atomic mass is 9.98. The van der Waals surface area contributed by atoms with Crippen LogP contribution in [0.4, 0.5) is 0 Å². The van der Waals surface area contributed by atoms with Gasteiger partial charge in [-0.15, -0.1) is 0 Å². The molecule has 0 saturated heterocycles. The summed E-state index contributed by atoms with van der Waals surface area (Å²) in [6.45, 7) is 1.01. The Morgan fingerprint density at radius 1 is 1.04 bits per heavy atom. The Labute approximate surface area is 140 Å². The van der Waals surface area contributed by atoms with Crippen LogP contribution < -0.4 is 20.7 Å². The molecule has 24 heavy (non-hydrogen) atoms. The maximum absolute atomic E-state index is 11.1. The second-order valence-electron chi connectivity index (χ2n) is 5.28. The highest BCUT2D eigenvalue weighted by molar-refractivity contribution is 6.16. The van der Waals surface area contributed by atoms with Crippen molar-refractivity contribution in [3.05, 3.63) is 77.4 Å². The summed E-state index contributed by atoms with van der Waals surface area (Å²) in [7, 11) is 0.